The molecule has 0 aromatic carbocycles. The minimum atomic E-state index is 0.882. The van der Waals surface area contributed by atoms with E-state index in [1.54, 1.807) is 0 Å². The second-order valence-corrected chi connectivity index (χ2v) is 2.38. The molecule has 1 heteroatoms. The van der Waals surface area contributed by atoms with Gasteiger partial charge < -0.3 is 5.32 Å². The molecule has 0 spiro atoms. The zero-order chi connectivity index (χ0) is 5.82. The summed E-state index contributed by atoms with van der Waals surface area (Å²) in [5.41, 5.74) is 0. The molecule has 0 aliphatic carbocycles. The van der Waals surface area contributed by atoms with Gasteiger partial charge in [0, 0.05) is 0 Å². The molecule has 1 nitrogen and oxygen atoms in total. The van der Waals surface area contributed by atoms with E-state index in [4.69, 9.17) is 0 Å². The van der Waals surface area contributed by atoms with E-state index in [0.717, 1.165) is 5.92 Å². The quantitative estimate of drug-likeness (QED) is 0.417. The normalized spacial score (nSPS) is 28.2. The molecule has 0 bridgehead atoms. The second kappa shape index (κ2) is 2.88. The molecule has 1 aliphatic heterocycles. The van der Waals surface area contributed by atoms with Crippen LogP contribution in [0.15, 0.2) is 12.7 Å². The number of nitrogens with one attached hydrogen (secondary N) is 1. The summed E-state index contributed by atoms with van der Waals surface area (Å²) >= 11 is 0. The number of rotatable bonds is 2. The molecule has 1 unspecified atom stereocenters. The van der Waals surface area contributed by atoms with Crippen molar-refractivity contribution in [3.05, 3.63) is 12.7 Å². The number of hydrogen-bond acceptors (Lipinski definition) is 1. The summed E-state index contributed by atoms with van der Waals surface area (Å²) in [6, 6.07) is 0. The molecule has 1 saturated heterocycles. The van der Waals surface area contributed by atoms with Gasteiger partial charge in [-0.05, 0) is 31.8 Å². The molecular weight excluding hydrogens is 99.1 g/mol. The molecule has 0 aromatic heterocycles. The molecule has 1 aliphatic rings. The molecule has 1 rings (SSSR count). The van der Waals surface area contributed by atoms with Crippen LogP contribution in [0.5, 0.6) is 0 Å². The highest BCUT2D eigenvalue weighted by Gasteiger charge is 2.11. The summed E-state index contributed by atoms with van der Waals surface area (Å²) < 4.78 is 0. The third-order valence-electron chi connectivity index (χ3n) is 1.66. The third kappa shape index (κ3) is 1.34. The van der Waals surface area contributed by atoms with Gasteiger partial charge in [0.25, 0.3) is 0 Å². The van der Waals surface area contributed by atoms with Gasteiger partial charge >= 0.3 is 0 Å². The summed E-state index contributed by atoms with van der Waals surface area (Å²) in [5, 5.41) is 3.31. The van der Waals surface area contributed by atoms with Gasteiger partial charge in [0.15, 0.2) is 0 Å². The highest BCUT2D eigenvalue weighted by molar-refractivity contribution is 4.78. The van der Waals surface area contributed by atoms with Gasteiger partial charge in [0.05, 0.1) is 0 Å². The van der Waals surface area contributed by atoms with Gasteiger partial charge in [0.1, 0.15) is 0 Å². The van der Waals surface area contributed by atoms with Crippen molar-refractivity contribution in [3.8, 4) is 0 Å². The second-order valence-electron chi connectivity index (χ2n) is 2.38. The van der Waals surface area contributed by atoms with Gasteiger partial charge in [0.2, 0.25) is 0 Å². The van der Waals surface area contributed by atoms with Crippen molar-refractivity contribution in [1.29, 1.82) is 0 Å². The van der Waals surface area contributed by atoms with Crippen molar-refractivity contribution in [2.24, 2.45) is 5.92 Å². The van der Waals surface area contributed by atoms with Crippen LogP contribution in [0.2, 0.25) is 0 Å². The van der Waals surface area contributed by atoms with Crippen LogP contribution in [0.3, 0.4) is 0 Å². The van der Waals surface area contributed by atoms with Gasteiger partial charge in [-0.3, -0.25) is 0 Å². The van der Waals surface area contributed by atoms with E-state index in [0.29, 0.717) is 0 Å². The molecule has 46 valence electrons. The summed E-state index contributed by atoms with van der Waals surface area (Å²) in [6.07, 6.45) is 4.54. The fourth-order valence-corrected chi connectivity index (χ4v) is 1.15. The lowest BCUT2D eigenvalue weighted by Crippen LogP contribution is -2.07. The Kier molecular flexibility index (Phi) is 2.10. The van der Waals surface area contributed by atoms with E-state index in [2.05, 4.69) is 11.9 Å². The zero-order valence-corrected chi connectivity index (χ0v) is 5.19. The first-order valence-corrected chi connectivity index (χ1v) is 3.25. The van der Waals surface area contributed by atoms with Crippen molar-refractivity contribution >= 4 is 0 Å². The van der Waals surface area contributed by atoms with Crippen LogP contribution in [0.1, 0.15) is 12.8 Å². The Morgan fingerprint density at radius 3 is 3.12 bits per heavy atom. The van der Waals surface area contributed by atoms with Gasteiger partial charge in [-0.1, -0.05) is 6.08 Å². The maximum atomic E-state index is 3.70. The smallest absolute Gasteiger partial charge is 0.00171 e. The average molecular weight is 112 g/mol. The van der Waals surface area contributed by atoms with Crippen molar-refractivity contribution in [2.45, 2.75) is 12.8 Å². The predicted octanol–water partition coefficient (Wildman–Crippen LogP) is 1.17. The minimum absolute atomic E-state index is 0.882. The van der Waals surface area contributed by atoms with E-state index < -0.39 is 0 Å². The first-order chi connectivity index (χ1) is 3.93. The standard InChI is InChI=1S/C7H13N/c1-2-3-7-4-5-8-6-7/h2,7-8H,1,3-6H2/i6+1. The molecular formula is C7H13N. The van der Waals surface area contributed by atoms with Crippen LogP contribution >= 0.6 is 0 Å². The summed E-state index contributed by atoms with van der Waals surface area (Å²) in [7, 11) is 0. The Morgan fingerprint density at radius 2 is 2.62 bits per heavy atom. The van der Waals surface area contributed by atoms with E-state index in [1.807, 2.05) is 6.08 Å². The molecule has 0 saturated carbocycles. The third-order valence-corrected chi connectivity index (χ3v) is 1.66. The van der Waals surface area contributed by atoms with Crippen molar-refractivity contribution < 1.29 is 0 Å². The molecule has 1 fully saturated rings. The first-order valence-electron chi connectivity index (χ1n) is 3.25. The van der Waals surface area contributed by atoms with E-state index >= 15 is 0 Å². The largest absolute Gasteiger partial charge is 0.316 e. The van der Waals surface area contributed by atoms with E-state index in [9.17, 15) is 0 Å². The Morgan fingerprint density at radius 1 is 1.75 bits per heavy atom. The maximum absolute atomic E-state index is 3.70. The van der Waals surface area contributed by atoms with Crippen molar-refractivity contribution in [3.63, 3.8) is 0 Å². The van der Waals surface area contributed by atoms with Crippen LogP contribution in [-0.2, 0) is 0 Å². The van der Waals surface area contributed by atoms with E-state index in [-0.39, 0.29) is 0 Å². The van der Waals surface area contributed by atoms with Crippen molar-refractivity contribution in [1.82, 2.24) is 5.32 Å². The Labute approximate surface area is 50.8 Å². The first kappa shape index (κ1) is 5.83. The van der Waals surface area contributed by atoms with Crippen LogP contribution in [0.4, 0.5) is 0 Å². The molecule has 1 atom stereocenters. The Hall–Kier alpha value is -0.300. The SMILES string of the molecule is C=CCC1CCN[13CH2]1. The average Bonchev–Trinajstić information content (AvgIpc) is 2.19. The van der Waals surface area contributed by atoms with Crippen LogP contribution in [-0.4, -0.2) is 13.1 Å². The highest BCUT2D eigenvalue weighted by Crippen LogP contribution is 2.11. The molecule has 1 N–H and O–H groups in total. The van der Waals surface area contributed by atoms with Gasteiger partial charge in [-0.15, -0.1) is 6.58 Å². The summed E-state index contributed by atoms with van der Waals surface area (Å²) in [5.74, 6) is 0.882. The lowest BCUT2D eigenvalue weighted by molar-refractivity contribution is 0.593. The topological polar surface area (TPSA) is 12.0 Å². The van der Waals surface area contributed by atoms with Crippen LogP contribution in [0.25, 0.3) is 0 Å². The Balaban J connectivity index is 2.14. The van der Waals surface area contributed by atoms with Gasteiger partial charge in [-0.25, -0.2) is 0 Å². The highest BCUT2D eigenvalue weighted by atomic mass is 15.1. The Bertz CT molecular complexity index is 72.5. The minimum Gasteiger partial charge on any atom is -0.316 e. The van der Waals surface area contributed by atoms with Crippen LogP contribution in [0, 0.1) is 5.92 Å². The maximum Gasteiger partial charge on any atom is -0.00171 e. The molecule has 0 aromatic rings. The lowest BCUT2D eigenvalue weighted by atomic mass is 10.1. The number of hydrogen-bond donors (Lipinski definition) is 1. The van der Waals surface area contributed by atoms with E-state index in [1.165, 1.54) is 25.9 Å². The van der Waals surface area contributed by atoms with Crippen LogP contribution < -0.4 is 5.32 Å². The van der Waals surface area contributed by atoms with Crippen molar-refractivity contribution in [2.75, 3.05) is 13.1 Å². The molecule has 1 heterocycles. The molecule has 0 amide bonds. The fourth-order valence-electron chi connectivity index (χ4n) is 1.15. The van der Waals surface area contributed by atoms with Gasteiger partial charge in [-0.2, -0.15) is 0 Å². The molecule has 0 radical (unpaired) electrons. The monoisotopic (exact) mass is 112 g/mol. The lowest BCUT2D eigenvalue weighted by Gasteiger charge is -2.00. The summed E-state index contributed by atoms with van der Waals surface area (Å²) in [6.45, 7) is 6.10. The molecule has 8 heavy (non-hydrogen) atoms. The fraction of sp³-hybridized carbons (Fsp3) is 0.714. The predicted molar refractivity (Wildman–Crippen MR) is 35.8 cm³/mol. The zero-order valence-electron chi connectivity index (χ0n) is 5.19. The summed E-state index contributed by atoms with van der Waals surface area (Å²) in [4.78, 5) is 0. The number of allylic oxidation sites excluding steroid dienone is 1.